The number of likely N-dealkylation sites (tertiary alicyclic amines) is 1. The Morgan fingerprint density at radius 3 is 2.82 bits per heavy atom. The Kier molecular flexibility index (Phi) is 5.41. The third kappa shape index (κ3) is 4.73. The highest BCUT2D eigenvalue weighted by molar-refractivity contribution is 5.77. The molecular weight excluding hydrogens is 218 g/mol. The minimum atomic E-state index is -0.0268. The molecule has 5 nitrogen and oxygen atoms in total. The summed E-state index contributed by atoms with van der Waals surface area (Å²) < 4.78 is 0. The van der Waals surface area contributed by atoms with Crippen molar-refractivity contribution in [2.24, 2.45) is 11.7 Å². The fourth-order valence-electron chi connectivity index (χ4n) is 2.04. The molecule has 17 heavy (non-hydrogen) atoms. The quantitative estimate of drug-likeness (QED) is 0.716. The first-order valence-electron chi connectivity index (χ1n) is 6.28. The van der Waals surface area contributed by atoms with Crippen molar-refractivity contribution in [2.45, 2.75) is 39.2 Å². The summed E-state index contributed by atoms with van der Waals surface area (Å²) in [5.41, 5.74) is 5.52. The molecule has 0 bridgehead atoms. The Bertz CT molecular complexity index is 281. The lowest BCUT2D eigenvalue weighted by molar-refractivity contribution is -0.130. The fourth-order valence-corrected chi connectivity index (χ4v) is 2.04. The van der Waals surface area contributed by atoms with Crippen molar-refractivity contribution < 1.29 is 9.59 Å². The molecule has 1 aliphatic heterocycles. The van der Waals surface area contributed by atoms with Crippen LogP contribution in [0.25, 0.3) is 0 Å². The summed E-state index contributed by atoms with van der Waals surface area (Å²) >= 11 is 0. The van der Waals surface area contributed by atoms with Crippen molar-refractivity contribution in [1.29, 1.82) is 0 Å². The highest BCUT2D eigenvalue weighted by Crippen LogP contribution is 2.13. The van der Waals surface area contributed by atoms with Crippen LogP contribution in [-0.2, 0) is 9.59 Å². The van der Waals surface area contributed by atoms with Crippen LogP contribution >= 0.6 is 0 Å². The molecule has 0 radical (unpaired) electrons. The van der Waals surface area contributed by atoms with Gasteiger partial charge in [0.05, 0.1) is 0 Å². The van der Waals surface area contributed by atoms with Crippen molar-refractivity contribution in [3.05, 3.63) is 0 Å². The van der Waals surface area contributed by atoms with E-state index in [4.69, 9.17) is 5.73 Å². The molecule has 2 atom stereocenters. The molecular formula is C12H23N3O2. The van der Waals surface area contributed by atoms with Gasteiger partial charge in [-0.2, -0.15) is 0 Å². The second-order valence-electron chi connectivity index (χ2n) is 4.91. The normalized spacial score (nSPS) is 21.4. The Morgan fingerprint density at radius 1 is 1.53 bits per heavy atom. The van der Waals surface area contributed by atoms with E-state index in [2.05, 4.69) is 12.2 Å². The van der Waals surface area contributed by atoms with E-state index >= 15 is 0 Å². The van der Waals surface area contributed by atoms with Crippen LogP contribution in [0.2, 0.25) is 0 Å². The van der Waals surface area contributed by atoms with E-state index in [1.54, 1.807) is 0 Å². The first-order valence-corrected chi connectivity index (χ1v) is 6.28. The fraction of sp³-hybridized carbons (Fsp3) is 0.833. The maximum atomic E-state index is 11.9. The largest absolute Gasteiger partial charge is 0.352 e. The lowest BCUT2D eigenvalue weighted by atomic mass is 10.1. The summed E-state index contributed by atoms with van der Waals surface area (Å²) in [6.45, 7) is 5.59. The zero-order valence-corrected chi connectivity index (χ0v) is 10.7. The van der Waals surface area contributed by atoms with Gasteiger partial charge in [0.2, 0.25) is 11.8 Å². The molecule has 98 valence electrons. The maximum absolute atomic E-state index is 11.9. The summed E-state index contributed by atoms with van der Waals surface area (Å²) in [6, 6.07) is 0.128. The van der Waals surface area contributed by atoms with E-state index in [9.17, 15) is 9.59 Å². The van der Waals surface area contributed by atoms with Crippen LogP contribution in [0, 0.1) is 5.92 Å². The number of carbonyl (C=O) groups is 2. The van der Waals surface area contributed by atoms with E-state index in [0.717, 1.165) is 19.4 Å². The first-order chi connectivity index (χ1) is 8.02. The minimum absolute atomic E-state index is 0.0268. The Morgan fingerprint density at radius 2 is 2.24 bits per heavy atom. The van der Waals surface area contributed by atoms with Crippen LogP contribution in [0.15, 0.2) is 0 Å². The van der Waals surface area contributed by atoms with E-state index in [0.29, 0.717) is 25.4 Å². The third-order valence-electron chi connectivity index (χ3n) is 3.20. The van der Waals surface area contributed by atoms with Gasteiger partial charge in [-0.1, -0.05) is 6.92 Å². The van der Waals surface area contributed by atoms with Crippen molar-refractivity contribution in [1.82, 2.24) is 10.2 Å². The van der Waals surface area contributed by atoms with Gasteiger partial charge in [0.15, 0.2) is 0 Å². The second-order valence-corrected chi connectivity index (χ2v) is 4.91. The van der Waals surface area contributed by atoms with Crippen molar-refractivity contribution in [2.75, 3.05) is 19.6 Å². The molecule has 3 N–H and O–H groups in total. The predicted octanol–water partition coefficient (Wildman–Crippen LogP) is 0.0984. The van der Waals surface area contributed by atoms with Gasteiger partial charge in [0.1, 0.15) is 0 Å². The van der Waals surface area contributed by atoms with Crippen LogP contribution in [0.1, 0.15) is 33.1 Å². The van der Waals surface area contributed by atoms with E-state index in [-0.39, 0.29) is 17.9 Å². The molecule has 0 saturated carbocycles. The number of amides is 2. The van der Waals surface area contributed by atoms with Gasteiger partial charge in [0, 0.05) is 32.5 Å². The van der Waals surface area contributed by atoms with Crippen LogP contribution in [0.4, 0.5) is 0 Å². The van der Waals surface area contributed by atoms with Gasteiger partial charge in [-0.25, -0.2) is 0 Å². The summed E-state index contributed by atoms with van der Waals surface area (Å²) in [7, 11) is 0. The number of nitrogens with two attached hydrogens (primary N) is 1. The van der Waals surface area contributed by atoms with Gasteiger partial charge in [-0.05, 0) is 25.3 Å². The SMILES string of the molecule is CC(=O)NC1CCN(C(=O)CCC(C)CN)C1. The summed E-state index contributed by atoms with van der Waals surface area (Å²) in [4.78, 5) is 24.6. The van der Waals surface area contributed by atoms with Crippen LogP contribution in [0.5, 0.6) is 0 Å². The molecule has 0 spiro atoms. The summed E-state index contributed by atoms with van der Waals surface area (Å²) in [5.74, 6) is 0.548. The first kappa shape index (κ1) is 14.0. The Hall–Kier alpha value is -1.10. The predicted molar refractivity (Wildman–Crippen MR) is 66.3 cm³/mol. The smallest absolute Gasteiger partial charge is 0.222 e. The monoisotopic (exact) mass is 241 g/mol. The third-order valence-corrected chi connectivity index (χ3v) is 3.20. The van der Waals surface area contributed by atoms with Gasteiger partial charge in [0.25, 0.3) is 0 Å². The van der Waals surface area contributed by atoms with E-state index < -0.39 is 0 Å². The molecule has 1 fully saturated rings. The van der Waals surface area contributed by atoms with Crippen molar-refractivity contribution in [3.63, 3.8) is 0 Å². The Balaban J connectivity index is 2.28. The van der Waals surface area contributed by atoms with E-state index in [1.165, 1.54) is 6.92 Å². The van der Waals surface area contributed by atoms with Crippen LogP contribution in [0.3, 0.4) is 0 Å². The molecule has 1 rings (SSSR count). The average molecular weight is 241 g/mol. The molecule has 1 saturated heterocycles. The molecule has 2 amide bonds. The topological polar surface area (TPSA) is 75.4 Å². The average Bonchev–Trinajstić information content (AvgIpc) is 2.72. The molecule has 0 aromatic carbocycles. The molecule has 5 heteroatoms. The number of hydrogen-bond donors (Lipinski definition) is 2. The number of hydrogen-bond acceptors (Lipinski definition) is 3. The van der Waals surface area contributed by atoms with Gasteiger partial charge < -0.3 is 16.0 Å². The van der Waals surface area contributed by atoms with Crippen molar-refractivity contribution in [3.8, 4) is 0 Å². The molecule has 1 heterocycles. The molecule has 1 aliphatic rings. The maximum Gasteiger partial charge on any atom is 0.222 e. The van der Waals surface area contributed by atoms with Gasteiger partial charge in [-0.15, -0.1) is 0 Å². The molecule has 0 aromatic rings. The highest BCUT2D eigenvalue weighted by atomic mass is 16.2. The van der Waals surface area contributed by atoms with E-state index in [1.807, 2.05) is 4.90 Å². The number of nitrogens with one attached hydrogen (secondary N) is 1. The lowest BCUT2D eigenvalue weighted by Crippen LogP contribution is -2.37. The lowest BCUT2D eigenvalue weighted by Gasteiger charge is -2.17. The minimum Gasteiger partial charge on any atom is -0.352 e. The van der Waals surface area contributed by atoms with Gasteiger partial charge in [-0.3, -0.25) is 9.59 Å². The highest BCUT2D eigenvalue weighted by Gasteiger charge is 2.26. The number of carbonyl (C=O) groups excluding carboxylic acids is 2. The summed E-state index contributed by atoms with van der Waals surface area (Å²) in [6.07, 6.45) is 2.26. The molecule has 2 unspecified atom stereocenters. The molecule has 0 aliphatic carbocycles. The van der Waals surface area contributed by atoms with Crippen LogP contribution < -0.4 is 11.1 Å². The summed E-state index contributed by atoms with van der Waals surface area (Å²) in [5, 5.41) is 2.85. The zero-order valence-electron chi connectivity index (χ0n) is 10.7. The van der Waals surface area contributed by atoms with Crippen LogP contribution in [-0.4, -0.2) is 42.4 Å². The number of rotatable bonds is 5. The van der Waals surface area contributed by atoms with Crippen molar-refractivity contribution >= 4 is 11.8 Å². The molecule has 0 aromatic heterocycles. The standard InChI is InChI=1S/C12H23N3O2/c1-9(7-13)3-4-12(17)15-6-5-11(8-15)14-10(2)16/h9,11H,3-8,13H2,1-2H3,(H,14,16). The van der Waals surface area contributed by atoms with Gasteiger partial charge >= 0.3 is 0 Å². The second kappa shape index (κ2) is 6.59. The zero-order chi connectivity index (χ0) is 12.8. The Labute approximate surface area is 103 Å². The number of nitrogens with zero attached hydrogens (tertiary/aromatic N) is 1.